The van der Waals surface area contributed by atoms with E-state index in [2.05, 4.69) is 4.98 Å². The quantitative estimate of drug-likeness (QED) is 0.850. The molecule has 19 heavy (non-hydrogen) atoms. The maximum absolute atomic E-state index is 12.6. The number of carbonyl (C=O) groups excluding carboxylic acids is 1. The van der Waals surface area contributed by atoms with Crippen LogP contribution in [0.1, 0.15) is 25.2 Å². The highest BCUT2D eigenvalue weighted by molar-refractivity contribution is 7.94. The third-order valence-corrected chi connectivity index (χ3v) is 3.99. The van der Waals surface area contributed by atoms with Crippen molar-refractivity contribution in [3.05, 3.63) is 18.2 Å². The van der Waals surface area contributed by atoms with Crippen LogP contribution in [0.25, 0.3) is 0 Å². The molecular formula is C12H19N3O3S. The molecule has 7 heteroatoms. The second-order valence-electron chi connectivity index (χ2n) is 4.47. The first-order chi connectivity index (χ1) is 9.19. The van der Waals surface area contributed by atoms with Crippen molar-refractivity contribution >= 4 is 17.9 Å². The lowest BCUT2D eigenvalue weighted by Gasteiger charge is -2.36. The van der Waals surface area contributed by atoms with Gasteiger partial charge in [-0.05, 0) is 13.3 Å². The fraction of sp³-hybridized carbons (Fsp3) is 0.667. The van der Waals surface area contributed by atoms with Crippen molar-refractivity contribution < 1.29 is 14.1 Å². The van der Waals surface area contributed by atoms with Crippen molar-refractivity contribution in [2.24, 2.45) is 0 Å². The first kappa shape index (κ1) is 14.4. The summed E-state index contributed by atoms with van der Waals surface area (Å²) < 4.78 is 16.4. The lowest BCUT2D eigenvalue weighted by atomic mass is 10.1. The topological polar surface area (TPSA) is 67.6 Å². The van der Waals surface area contributed by atoms with Crippen molar-refractivity contribution in [2.75, 3.05) is 19.8 Å². The van der Waals surface area contributed by atoms with Gasteiger partial charge in [-0.1, -0.05) is 6.92 Å². The fourth-order valence-corrected chi connectivity index (χ4v) is 2.80. The highest BCUT2D eigenvalue weighted by atomic mass is 32.2. The van der Waals surface area contributed by atoms with Crippen LogP contribution < -0.4 is 0 Å². The van der Waals surface area contributed by atoms with Gasteiger partial charge in [0.1, 0.15) is 17.2 Å². The molecule has 1 aromatic rings. The smallest absolute Gasteiger partial charge is 0.246 e. The summed E-state index contributed by atoms with van der Waals surface area (Å²) >= 11 is 0.667. The van der Waals surface area contributed by atoms with Gasteiger partial charge in [0.2, 0.25) is 5.91 Å². The molecule has 1 fully saturated rings. The number of rotatable bonds is 4. The minimum absolute atomic E-state index is 0.0125. The largest absolute Gasteiger partial charge is 0.376 e. The van der Waals surface area contributed by atoms with Crippen LogP contribution in [0, 0.1) is 6.92 Å². The monoisotopic (exact) mass is 285 g/mol. The summed E-state index contributed by atoms with van der Waals surface area (Å²) in [4.78, 5) is 18.5. The molecule has 0 saturated carbocycles. The van der Waals surface area contributed by atoms with E-state index in [0.29, 0.717) is 38.2 Å². The molecule has 1 aromatic heterocycles. The maximum Gasteiger partial charge on any atom is 0.246 e. The molecule has 1 aliphatic rings. The Kier molecular flexibility index (Phi) is 4.84. The summed E-state index contributed by atoms with van der Waals surface area (Å²) in [7, 11) is 0. The lowest BCUT2D eigenvalue weighted by Crippen LogP contribution is -2.49. The van der Waals surface area contributed by atoms with E-state index in [1.807, 2.05) is 24.6 Å². The third kappa shape index (κ3) is 2.93. The number of hydrogen-bond donors (Lipinski definition) is 1. The zero-order valence-electron chi connectivity index (χ0n) is 11.2. The normalized spacial score (nSPS) is 21.4. The van der Waals surface area contributed by atoms with Crippen molar-refractivity contribution in [3.8, 4) is 0 Å². The van der Waals surface area contributed by atoms with Crippen LogP contribution in [-0.4, -0.2) is 50.0 Å². The second kappa shape index (κ2) is 6.40. The summed E-state index contributed by atoms with van der Waals surface area (Å²) in [5, 5.41) is -0.320. The number of hydrogen-bond acceptors (Lipinski definition) is 5. The van der Waals surface area contributed by atoms with E-state index in [9.17, 15) is 9.35 Å². The molecule has 2 heterocycles. The van der Waals surface area contributed by atoms with Crippen LogP contribution in [0.2, 0.25) is 0 Å². The van der Waals surface area contributed by atoms with E-state index in [1.165, 1.54) is 0 Å². The molecule has 2 atom stereocenters. The van der Waals surface area contributed by atoms with Crippen molar-refractivity contribution in [1.29, 1.82) is 0 Å². The standard InChI is InChI=1S/C12H19N3O3S/c1-3-10(14-5-4-13-9(14)2)12(16)15-6-7-18-8-11(15)19-17/h4-5,10-11,17H,3,6-8H2,1-2H3. The Hall–Kier alpha value is -1.05. The minimum atomic E-state index is -0.320. The number of aryl methyl sites for hydroxylation is 1. The molecule has 0 radical (unpaired) electrons. The van der Waals surface area contributed by atoms with Gasteiger partial charge in [-0.25, -0.2) is 4.98 Å². The van der Waals surface area contributed by atoms with Gasteiger partial charge in [-0.15, -0.1) is 0 Å². The molecule has 6 nitrogen and oxygen atoms in total. The molecule has 0 aliphatic carbocycles. The van der Waals surface area contributed by atoms with Crippen LogP contribution >= 0.6 is 12.0 Å². The number of imidazole rings is 1. The summed E-state index contributed by atoms with van der Waals surface area (Å²) in [6, 6.07) is -0.268. The Balaban J connectivity index is 2.18. The zero-order valence-corrected chi connectivity index (χ0v) is 12.0. The van der Waals surface area contributed by atoms with Crippen LogP contribution in [0.15, 0.2) is 12.4 Å². The fourth-order valence-electron chi connectivity index (χ4n) is 2.32. The average Bonchev–Trinajstić information content (AvgIpc) is 2.86. The van der Waals surface area contributed by atoms with Crippen LogP contribution in [-0.2, 0) is 9.53 Å². The van der Waals surface area contributed by atoms with Gasteiger partial charge in [0.25, 0.3) is 0 Å². The van der Waals surface area contributed by atoms with Gasteiger partial charge in [-0.3, -0.25) is 4.79 Å². The highest BCUT2D eigenvalue weighted by Crippen LogP contribution is 2.23. The number of morpholine rings is 1. The molecule has 1 saturated heterocycles. The van der Waals surface area contributed by atoms with E-state index >= 15 is 0 Å². The van der Waals surface area contributed by atoms with Crippen molar-refractivity contribution in [3.63, 3.8) is 0 Å². The molecule has 2 rings (SSSR count). The lowest BCUT2D eigenvalue weighted by molar-refractivity contribution is -0.140. The Bertz CT molecular complexity index is 438. The second-order valence-corrected chi connectivity index (χ2v) is 5.23. The van der Waals surface area contributed by atoms with Gasteiger partial charge in [0.05, 0.1) is 13.2 Å². The summed E-state index contributed by atoms with van der Waals surface area (Å²) in [5.74, 6) is 0.833. The molecule has 0 aromatic carbocycles. The molecule has 1 amide bonds. The number of ether oxygens (including phenoxy) is 1. The average molecular weight is 285 g/mol. The van der Waals surface area contributed by atoms with Gasteiger partial charge < -0.3 is 18.8 Å². The molecular weight excluding hydrogens is 266 g/mol. The predicted molar refractivity (Wildman–Crippen MR) is 72.8 cm³/mol. The van der Waals surface area contributed by atoms with Gasteiger partial charge in [-0.2, -0.15) is 0 Å². The van der Waals surface area contributed by atoms with E-state index in [1.54, 1.807) is 11.1 Å². The molecule has 1 N–H and O–H groups in total. The van der Waals surface area contributed by atoms with Crippen molar-refractivity contribution in [1.82, 2.24) is 14.5 Å². The van der Waals surface area contributed by atoms with E-state index in [-0.39, 0.29) is 17.3 Å². The Morgan fingerprint density at radius 1 is 1.74 bits per heavy atom. The number of carbonyl (C=O) groups is 1. The molecule has 2 unspecified atom stereocenters. The number of aromatic nitrogens is 2. The summed E-state index contributed by atoms with van der Waals surface area (Å²) in [6.45, 7) is 5.26. The van der Waals surface area contributed by atoms with Gasteiger partial charge in [0, 0.05) is 31.0 Å². The molecule has 106 valence electrons. The number of amides is 1. The summed E-state index contributed by atoms with van der Waals surface area (Å²) in [6.07, 6.45) is 4.21. The highest BCUT2D eigenvalue weighted by Gasteiger charge is 2.32. The Morgan fingerprint density at radius 3 is 3.11 bits per heavy atom. The number of nitrogens with zero attached hydrogens (tertiary/aromatic N) is 3. The van der Waals surface area contributed by atoms with Gasteiger partial charge >= 0.3 is 0 Å². The van der Waals surface area contributed by atoms with E-state index < -0.39 is 0 Å². The zero-order chi connectivity index (χ0) is 13.8. The Morgan fingerprint density at radius 2 is 2.53 bits per heavy atom. The molecule has 0 spiro atoms. The Labute approximate surface area is 117 Å². The van der Waals surface area contributed by atoms with E-state index in [0.717, 1.165) is 5.82 Å². The maximum atomic E-state index is 12.6. The molecule has 1 aliphatic heterocycles. The minimum Gasteiger partial charge on any atom is -0.376 e. The van der Waals surface area contributed by atoms with E-state index in [4.69, 9.17) is 4.74 Å². The van der Waals surface area contributed by atoms with Crippen LogP contribution in [0.3, 0.4) is 0 Å². The first-order valence-corrected chi connectivity index (χ1v) is 7.20. The van der Waals surface area contributed by atoms with Gasteiger partial charge in [0.15, 0.2) is 0 Å². The van der Waals surface area contributed by atoms with Crippen LogP contribution in [0.5, 0.6) is 0 Å². The molecule has 0 bridgehead atoms. The van der Waals surface area contributed by atoms with Crippen molar-refractivity contribution in [2.45, 2.75) is 31.7 Å². The SMILES string of the molecule is CCC(C(=O)N1CCOCC1SO)n1ccnc1C. The van der Waals surface area contributed by atoms with Crippen LogP contribution in [0.4, 0.5) is 0 Å². The third-order valence-electron chi connectivity index (χ3n) is 3.36. The predicted octanol–water partition coefficient (Wildman–Crippen LogP) is 1.53. The summed E-state index contributed by atoms with van der Waals surface area (Å²) in [5.41, 5.74) is 0. The first-order valence-electron chi connectivity index (χ1n) is 6.37.